The Hall–Kier alpha value is -1.18. The van der Waals surface area contributed by atoms with Crippen LogP contribution in [-0.4, -0.2) is 25.1 Å². The van der Waals surface area contributed by atoms with Gasteiger partial charge in [0, 0.05) is 22.7 Å². The van der Waals surface area contributed by atoms with Gasteiger partial charge in [0.15, 0.2) is 9.84 Å². The maximum atomic E-state index is 11.7. The highest BCUT2D eigenvalue weighted by Gasteiger charge is 2.21. The van der Waals surface area contributed by atoms with Crippen LogP contribution in [0.4, 0.5) is 5.69 Å². The molecule has 0 aliphatic heterocycles. The molecule has 8 heteroatoms. The van der Waals surface area contributed by atoms with Gasteiger partial charge < -0.3 is 5.73 Å². The van der Waals surface area contributed by atoms with Crippen LogP contribution < -0.4 is 5.73 Å². The second-order valence-corrected chi connectivity index (χ2v) is 6.61. The van der Waals surface area contributed by atoms with E-state index in [2.05, 4.69) is 0 Å². The first kappa shape index (κ1) is 14.9. The van der Waals surface area contributed by atoms with Crippen molar-refractivity contribution in [3.63, 3.8) is 0 Å². The van der Waals surface area contributed by atoms with Crippen molar-refractivity contribution in [2.75, 3.05) is 5.75 Å². The highest BCUT2D eigenvalue weighted by molar-refractivity contribution is 7.90. The zero-order valence-corrected chi connectivity index (χ0v) is 11.2. The Kier molecular flexibility index (Phi) is 4.66. The molecule has 100 valence electrons. The predicted octanol–water partition coefficient (Wildman–Crippen LogP) is 1.51. The standard InChI is InChI=1S/C10H13ClN2O4S/c1-7(12)5-18(16,17)6-8-2-3-9(11)4-10(8)13(14)15/h2-4,7H,5-6,12H2,1H3. The summed E-state index contributed by atoms with van der Waals surface area (Å²) in [5.41, 5.74) is 5.24. The Bertz CT molecular complexity index is 557. The minimum atomic E-state index is -3.48. The van der Waals surface area contributed by atoms with Gasteiger partial charge in [0.05, 0.1) is 16.4 Å². The Morgan fingerprint density at radius 1 is 1.50 bits per heavy atom. The molecule has 6 nitrogen and oxygen atoms in total. The van der Waals surface area contributed by atoms with E-state index in [9.17, 15) is 18.5 Å². The Balaban J connectivity index is 3.08. The lowest BCUT2D eigenvalue weighted by atomic mass is 10.2. The molecule has 1 unspecified atom stereocenters. The number of nitrogens with zero attached hydrogens (tertiary/aromatic N) is 1. The molecular formula is C10H13ClN2O4S. The molecule has 0 saturated carbocycles. The molecule has 0 aliphatic rings. The predicted molar refractivity (Wildman–Crippen MR) is 69.2 cm³/mol. The van der Waals surface area contributed by atoms with Gasteiger partial charge in [-0.15, -0.1) is 0 Å². The SMILES string of the molecule is CC(N)CS(=O)(=O)Cc1ccc(Cl)cc1[N+](=O)[O-]. The zero-order valence-electron chi connectivity index (χ0n) is 9.67. The van der Waals surface area contributed by atoms with E-state index in [4.69, 9.17) is 17.3 Å². The van der Waals surface area contributed by atoms with Crippen molar-refractivity contribution in [3.05, 3.63) is 38.9 Å². The van der Waals surface area contributed by atoms with Crippen LogP contribution in [0.15, 0.2) is 18.2 Å². The quantitative estimate of drug-likeness (QED) is 0.654. The number of hydrogen-bond acceptors (Lipinski definition) is 5. The largest absolute Gasteiger partial charge is 0.327 e. The van der Waals surface area contributed by atoms with E-state index in [0.29, 0.717) is 0 Å². The lowest BCUT2D eigenvalue weighted by molar-refractivity contribution is -0.385. The summed E-state index contributed by atoms with van der Waals surface area (Å²) < 4.78 is 23.5. The molecule has 1 aromatic rings. The van der Waals surface area contributed by atoms with Crippen LogP contribution in [0, 0.1) is 10.1 Å². The van der Waals surface area contributed by atoms with Crippen LogP contribution in [0.25, 0.3) is 0 Å². The normalized spacial score (nSPS) is 13.3. The van der Waals surface area contributed by atoms with Crippen molar-refractivity contribution < 1.29 is 13.3 Å². The van der Waals surface area contributed by atoms with Gasteiger partial charge in [-0.2, -0.15) is 0 Å². The fourth-order valence-corrected chi connectivity index (χ4v) is 3.33. The molecule has 1 aromatic carbocycles. The highest BCUT2D eigenvalue weighted by Crippen LogP contribution is 2.25. The van der Waals surface area contributed by atoms with Gasteiger partial charge in [0.25, 0.3) is 5.69 Å². The van der Waals surface area contributed by atoms with Gasteiger partial charge in [0.1, 0.15) is 0 Å². The molecule has 0 aliphatic carbocycles. The summed E-state index contributed by atoms with van der Waals surface area (Å²) in [6.07, 6.45) is 0. The van der Waals surface area contributed by atoms with Crippen LogP contribution in [0.5, 0.6) is 0 Å². The van der Waals surface area contributed by atoms with E-state index in [1.165, 1.54) is 12.1 Å². The molecule has 0 radical (unpaired) electrons. The lowest BCUT2D eigenvalue weighted by Gasteiger charge is -2.07. The maximum absolute atomic E-state index is 11.7. The number of nitro groups is 1. The molecule has 0 amide bonds. The monoisotopic (exact) mass is 292 g/mol. The van der Waals surface area contributed by atoms with Crippen LogP contribution in [-0.2, 0) is 15.6 Å². The van der Waals surface area contributed by atoms with E-state index in [1.54, 1.807) is 6.92 Å². The van der Waals surface area contributed by atoms with Gasteiger partial charge in [-0.05, 0) is 19.1 Å². The summed E-state index contributed by atoms with van der Waals surface area (Å²) in [4.78, 5) is 10.2. The van der Waals surface area contributed by atoms with Gasteiger partial charge in [-0.3, -0.25) is 10.1 Å². The molecule has 0 spiro atoms. The summed E-state index contributed by atoms with van der Waals surface area (Å²) in [7, 11) is -3.48. The fraction of sp³-hybridized carbons (Fsp3) is 0.400. The van der Waals surface area contributed by atoms with Crippen molar-refractivity contribution in [2.24, 2.45) is 5.73 Å². The molecule has 0 aromatic heterocycles. The molecule has 2 N–H and O–H groups in total. The smallest absolute Gasteiger partial charge is 0.275 e. The van der Waals surface area contributed by atoms with Gasteiger partial charge in [0.2, 0.25) is 0 Å². The number of hydrogen-bond donors (Lipinski definition) is 1. The van der Waals surface area contributed by atoms with Gasteiger partial charge in [-0.1, -0.05) is 11.6 Å². The van der Waals surface area contributed by atoms with Crippen molar-refractivity contribution in [1.82, 2.24) is 0 Å². The van der Waals surface area contributed by atoms with Crippen molar-refractivity contribution >= 4 is 27.1 Å². The molecule has 0 saturated heterocycles. The lowest BCUT2D eigenvalue weighted by Crippen LogP contribution is -2.27. The van der Waals surface area contributed by atoms with Crippen LogP contribution in [0.2, 0.25) is 5.02 Å². The molecule has 1 rings (SSSR count). The van der Waals surface area contributed by atoms with Crippen LogP contribution in [0.3, 0.4) is 0 Å². The Morgan fingerprint density at radius 2 is 2.11 bits per heavy atom. The van der Waals surface area contributed by atoms with Crippen molar-refractivity contribution in [2.45, 2.75) is 18.7 Å². The third kappa shape index (κ3) is 4.25. The summed E-state index contributed by atoms with van der Waals surface area (Å²) >= 11 is 5.64. The van der Waals surface area contributed by atoms with E-state index < -0.39 is 26.6 Å². The second kappa shape index (κ2) is 5.64. The molecule has 0 fully saturated rings. The summed E-state index contributed by atoms with van der Waals surface area (Å²) in [6, 6.07) is 3.39. The first-order valence-electron chi connectivity index (χ1n) is 5.10. The van der Waals surface area contributed by atoms with Crippen molar-refractivity contribution in [1.29, 1.82) is 0 Å². The minimum absolute atomic E-state index is 0.116. The van der Waals surface area contributed by atoms with E-state index in [0.717, 1.165) is 6.07 Å². The number of rotatable bonds is 5. The molecule has 0 bridgehead atoms. The zero-order chi connectivity index (χ0) is 13.9. The average molecular weight is 293 g/mol. The first-order chi connectivity index (χ1) is 8.21. The summed E-state index contributed by atoms with van der Waals surface area (Å²) in [6.45, 7) is 1.56. The average Bonchev–Trinajstić information content (AvgIpc) is 2.18. The van der Waals surface area contributed by atoms with Crippen molar-refractivity contribution in [3.8, 4) is 0 Å². The second-order valence-electron chi connectivity index (χ2n) is 4.06. The van der Waals surface area contributed by atoms with Gasteiger partial charge in [-0.25, -0.2) is 8.42 Å². The maximum Gasteiger partial charge on any atom is 0.275 e. The molecule has 0 heterocycles. The van der Waals surface area contributed by atoms with E-state index in [1.807, 2.05) is 0 Å². The number of nitrogens with two attached hydrogens (primary N) is 1. The van der Waals surface area contributed by atoms with Crippen LogP contribution in [0.1, 0.15) is 12.5 Å². The highest BCUT2D eigenvalue weighted by atomic mass is 35.5. The third-order valence-electron chi connectivity index (χ3n) is 2.14. The van der Waals surface area contributed by atoms with Crippen LogP contribution >= 0.6 is 11.6 Å². The molecule has 1 atom stereocenters. The topological polar surface area (TPSA) is 103 Å². The summed E-state index contributed by atoms with van der Waals surface area (Å²) in [5.74, 6) is -0.630. The molecular weight excluding hydrogens is 280 g/mol. The number of sulfone groups is 1. The fourth-order valence-electron chi connectivity index (χ4n) is 1.53. The Morgan fingerprint density at radius 3 is 2.61 bits per heavy atom. The Labute approximate surface area is 110 Å². The number of nitro benzene ring substituents is 1. The number of halogens is 1. The summed E-state index contributed by atoms with van der Waals surface area (Å²) in [5, 5.41) is 11.0. The van der Waals surface area contributed by atoms with Gasteiger partial charge >= 0.3 is 0 Å². The molecule has 18 heavy (non-hydrogen) atoms. The van der Waals surface area contributed by atoms with E-state index in [-0.39, 0.29) is 22.0 Å². The number of benzene rings is 1. The third-order valence-corrected chi connectivity index (χ3v) is 4.16. The first-order valence-corrected chi connectivity index (χ1v) is 7.30. The van der Waals surface area contributed by atoms with E-state index >= 15 is 0 Å². The minimum Gasteiger partial charge on any atom is -0.327 e.